The van der Waals surface area contributed by atoms with Gasteiger partial charge in [0.2, 0.25) is 0 Å². The second-order valence-corrected chi connectivity index (χ2v) is 4.69. The first-order valence-electron chi connectivity index (χ1n) is 8.17. The third-order valence-corrected chi connectivity index (χ3v) is 3.05. The van der Waals surface area contributed by atoms with E-state index in [-0.39, 0.29) is 0 Å². The van der Waals surface area contributed by atoms with Crippen LogP contribution >= 0.6 is 0 Å². The zero-order valence-electron chi connectivity index (χ0n) is 14.4. The highest BCUT2D eigenvalue weighted by Crippen LogP contribution is 2.21. The average molecular weight is 292 g/mol. The number of allylic oxidation sites excluding steroid dienone is 1. The molecule has 0 fully saturated rings. The number of rotatable bonds is 9. The number of aryl methyl sites for hydroxylation is 1. The number of hydrogen-bond donors (Lipinski definition) is 0. The fourth-order valence-electron chi connectivity index (χ4n) is 1.98. The molecule has 0 atom stereocenters. The van der Waals surface area contributed by atoms with Gasteiger partial charge in [-0.1, -0.05) is 44.1 Å². The minimum absolute atomic E-state index is 0.826. The lowest BCUT2D eigenvalue weighted by molar-refractivity contribution is 0.143. The van der Waals surface area contributed by atoms with Gasteiger partial charge in [0.05, 0.1) is 7.11 Å². The molecule has 0 bridgehead atoms. The van der Waals surface area contributed by atoms with Gasteiger partial charge in [-0.3, -0.25) is 0 Å². The number of methoxy groups -OCH3 is 1. The lowest BCUT2D eigenvalue weighted by Crippen LogP contribution is -1.92. The molecule has 0 radical (unpaired) electrons. The van der Waals surface area contributed by atoms with Crippen molar-refractivity contribution in [3.05, 3.63) is 35.4 Å². The van der Waals surface area contributed by atoms with E-state index in [1.807, 2.05) is 26.8 Å². The third-order valence-electron chi connectivity index (χ3n) is 3.05. The Kier molecular flexibility index (Phi) is 12.9. The second-order valence-electron chi connectivity index (χ2n) is 4.69. The molecule has 0 aliphatic heterocycles. The summed E-state index contributed by atoms with van der Waals surface area (Å²) in [5.41, 5.74) is 2.42. The smallest absolute Gasteiger partial charge is 0.126 e. The van der Waals surface area contributed by atoms with Crippen molar-refractivity contribution >= 4 is 6.08 Å². The standard InChI is InChI=1S/C17H26O2.C2H6/c1-4-19-13-9-7-5-6-8-10-16-14-15(2)11-12-17(16)18-3;1-2/h8,10-12,14H,4-7,9,13H2,1-3H3;1-2H3/b10-8+;. The van der Waals surface area contributed by atoms with Gasteiger partial charge in [0.1, 0.15) is 5.75 Å². The van der Waals surface area contributed by atoms with Crippen molar-refractivity contribution in [1.82, 2.24) is 0 Å². The maximum absolute atomic E-state index is 5.36. The molecule has 0 saturated heterocycles. The Bertz CT molecular complexity index is 383. The minimum atomic E-state index is 0.826. The van der Waals surface area contributed by atoms with Crippen LogP contribution in [0, 0.1) is 6.92 Å². The molecule has 0 unspecified atom stereocenters. The van der Waals surface area contributed by atoms with E-state index < -0.39 is 0 Å². The van der Waals surface area contributed by atoms with E-state index in [0.29, 0.717) is 0 Å². The summed E-state index contributed by atoms with van der Waals surface area (Å²) in [5.74, 6) is 0.943. The van der Waals surface area contributed by atoms with Crippen LogP contribution in [-0.4, -0.2) is 20.3 Å². The lowest BCUT2D eigenvalue weighted by atomic mass is 10.1. The van der Waals surface area contributed by atoms with Crippen molar-refractivity contribution in [2.75, 3.05) is 20.3 Å². The SMILES string of the molecule is CC.CCOCCCCC/C=C/c1cc(C)ccc1OC. The Morgan fingerprint density at radius 2 is 1.86 bits per heavy atom. The topological polar surface area (TPSA) is 18.5 Å². The van der Waals surface area contributed by atoms with Crippen molar-refractivity contribution in [3.8, 4) is 5.75 Å². The van der Waals surface area contributed by atoms with Gasteiger partial charge < -0.3 is 9.47 Å². The first-order chi connectivity index (χ1) is 10.3. The van der Waals surface area contributed by atoms with Crippen molar-refractivity contribution in [1.29, 1.82) is 0 Å². The molecule has 0 N–H and O–H groups in total. The van der Waals surface area contributed by atoms with E-state index in [9.17, 15) is 0 Å². The average Bonchev–Trinajstić information content (AvgIpc) is 2.52. The van der Waals surface area contributed by atoms with Crippen molar-refractivity contribution in [3.63, 3.8) is 0 Å². The summed E-state index contributed by atoms with van der Waals surface area (Å²) in [6, 6.07) is 6.26. The highest BCUT2D eigenvalue weighted by molar-refractivity contribution is 5.58. The van der Waals surface area contributed by atoms with Crippen LogP contribution in [0.5, 0.6) is 5.75 Å². The Hall–Kier alpha value is -1.28. The number of benzene rings is 1. The van der Waals surface area contributed by atoms with Crippen LogP contribution in [0.15, 0.2) is 24.3 Å². The molecule has 0 aliphatic carbocycles. The van der Waals surface area contributed by atoms with E-state index >= 15 is 0 Å². The quantitative estimate of drug-likeness (QED) is 0.548. The molecule has 2 heteroatoms. The molecular weight excluding hydrogens is 260 g/mol. The first-order valence-corrected chi connectivity index (χ1v) is 8.17. The summed E-state index contributed by atoms with van der Waals surface area (Å²) < 4.78 is 10.7. The van der Waals surface area contributed by atoms with E-state index in [2.05, 4.69) is 31.2 Å². The van der Waals surface area contributed by atoms with Gasteiger partial charge in [-0.15, -0.1) is 0 Å². The molecule has 1 aromatic rings. The maximum Gasteiger partial charge on any atom is 0.126 e. The van der Waals surface area contributed by atoms with Gasteiger partial charge in [-0.25, -0.2) is 0 Å². The van der Waals surface area contributed by atoms with Gasteiger partial charge in [0.15, 0.2) is 0 Å². The van der Waals surface area contributed by atoms with Crippen molar-refractivity contribution in [2.45, 2.75) is 53.4 Å². The molecular formula is C19H32O2. The summed E-state index contributed by atoms with van der Waals surface area (Å²) in [6.07, 6.45) is 9.12. The van der Waals surface area contributed by atoms with Crippen LogP contribution in [0.25, 0.3) is 6.08 Å². The predicted molar refractivity (Wildman–Crippen MR) is 93.1 cm³/mol. The monoisotopic (exact) mass is 292 g/mol. The summed E-state index contributed by atoms with van der Waals surface area (Å²) in [5, 5.41) is 0. The van der Waals surface area contributed by atoms with Crippen LogP contribution in [0.4, 0.5) is 0 Å². The Morgan fingerprint density at radius 1 is 1.10 bits per heavy atom. The van der Waals surface area contributed by atoms with Gasteiger partial charge >= 0.3 is 0 Å². The van der Waals surface area contributed by atoms with E-state index in [1.54, 1.807) is 7.11 Å². The zero-order chi connectivity index (χ0) is 15.9. The second kappa shape index (κ2) is 13.7. The summed E-state index contributed by atoms with van der Waals surface area (Å²) in [4.78, 5) is 0. The Labute approximate surface area is 131 Å². The van der Waals surface area contributed by atoms with Crippen LogP contribution < -0.4 is 4.74 Å². The molecule has 0 spiro atoms. The van der Waals surface area contributed by atoms with Gasteiger partial charge in [0, 0.05) is 18.8 Å². The molecule has 21 heavy (non-hydrogen) atoms. The molecule has 0 aromatic heterocycles. The molecule has 0 saturated carbocycles. The minimum Gasteiger partial charge on any atom is -0.496 e. The molecule has 0 aliphatic rings. The summed E-state index contributed by atoms with van der Waals surface area (Å²) >= 11 is 0. The Morgan fingerprint density at radius 3 is 2.52 bits per heavy atom. The van der Waals surface area contributed by atoms with E-state index in [0.717, 1.165) is 37.4 Å². The molecule has 0 heterocycles. The third kappa shape index (κ3) is 9.30. The fourth-order valence-corrected chi connectivity index (χ4v) is 1.98. The Balaban J connectivity index is 0.00000191. The highest BCUT2D eigenvalue weighted by Gasteiger charge is 1.98. The summed E-state index contributed by atoms with van der Waals surface area (Å²) in [7, 11) is 1.72. The fraction of sp³-hybridized carbons (Fsp3) is 0.579. The molecule has 1 aromatic carbocycles. The highest BCUT2D eigenvalue weighted by atomic mass is 16.5. The van der Waals surface area contributed by atoms with Gasteiger partial charge in [-0.05, 0) is 45.2 Å². The van der Waals surface area contributed by atoms with Crippen LogP contribution in [0.2, 0.25) is 0 Å². The maximum atomic E-state index is 5.36. The lowest BCUT2D eigenvalue weighted by Gasteiger charge is -2.05. The summed E-state index contributed by atoms with van der Waals surface area (Å²) in [6.45, 7) is 9.86. The largest absolute Gasteiger partial charge is 0.496 e. The predicted octanol–water partition coefficient (Wildman–Crippen LogP) is 5.64. The van der Waals surface area contributed by atoms with Gasteiger partial charge in [-0.2, -0.15) is 0 Å². The number of hydrogen-bond acceptors (Lipinski definition) is 2. The normalized spacial score (nSPS) is 10.3. The number of ether oxygens (including phenoxy) is 2. The molecule has 1 rings (SSSR count). The van der Waals surface area contributed by atoms with Crippen LogP contribution in [0.3, 0.4) is 0 Å². The molecule has 120 valence electrons. The molecule has 0 amide bonds. The van der Waals surface area contributed by atoms with Gasteiger partial charge in [0.25, 0.3) is 0 Å². The number of unbranched alkanes of at least 4 members (excludes halogenated alkanes) is 3. The van der Waals surface area contributed by atoms with Crippen molar-refractivity contribution < 1.29 is 9.47 Å². The van der Waals surface area contributed by atoms with Crippen LogP contribution in [0.1, 0.15) is 57.6 Å². The van der Waals surface area contributed by atoms with E-state index in [1.165, 1.54) is 18.4 Å². The first kappa shape index (κ1) is 19.7. The zero-order valence-corrected chi connectivity index (χ0v) is 14.4. The van der Waals surface area contributed by atoms with Crippen LogP contribution in [-0.2, 0) is 4.74 Å². The van der Waals surface area contributed by atoms with E-state index in [4.69, 9.17) is 9.47 Å². The van der Waals surface area contributed by atoms with Crippen molar-refractivity contribution in [2.24, 2.45) is 0 Å². The molecule has 2 nitrogen and oxygen atoms in total.